The van der Waals surface area contributed by atoms with Crippen LogP contribution in [0.2, 0.25) is 0 Å². The number of carbonyl (C=O) groups excluding carboxylic acids is 1. The third kappa shape index (κ3) is 4.28. The lowest BCUT2D eigenvalue weighted by atomic mass is 10.1. The number of ketones is 1. The molecule has 0 atom stereocenters. The molecule has 2 aromatic rings. The Morgan fingerprint density at radius 1 is 0.909 bits per heavy atom. The predicted octanol–water partition coefficient (Wildman–Crippen LogP) is 4.15. The van der Waals surface area contributed by atoms with Crippen molar-refractivity contribution in [1.29, 1.82) is 0 Å². The third-order valence-corrected chi connectivity index (χ3v) is 4.84. The average Bonchev–Trinajstić information content (AvgIpc) is 2.56. The molecule has 0 aliphatic carbocycles. The van der Waals surface area contributed by atoms with Crippen molar-refractivity contribution in [2.45, 2.75) is 0 Å². The monoisotopic (exact) mass is 320 g/mol. The number of hydrogen-bond donors (Lipinski definition) is 0. The second-order valence-corrected chi connectivity index (χ2v) is 6.77. The molecule has 0 amide bonds. The highest BCUT2D eigenvalue weighted by Crippen LogP contribution is 2.46. The van der Waals surface area contributed by atoms with Crippen molar-refractivity contribution in [1.82, 2.24) is 0 Å². The standard InChI is InChI=1S/C16H17O5P/c1-19-22(18,20-2)12-16(17)13-8-10-15(11-9-13)21-14-6-4-3-5-7-14/h3-11H,12H2,1-2H3. The maximum atomic E-state index is 12.1. The van der Waals surface area contributed by atoms with E-state index < -0.39 is 7.60 Å². The van der Waals surface area contributed by atoms with Crippen molar-refractivity contribution in [3.05, 3.63) is 60.2 Å². The second-order valence-electron chi connectivity index (χ2n) is 4.50. The molecule has 0 heterocycles. The van der Waals surface area contributed by atoms with Crippen LogP contribution in [0.5, 0.6) is 11.5 Å². The van der Waals surface area contributed by atoms with Gasteiger partial charge in [-0.1, -0.05) is 18.2 Å². The lowest BCUT2D eigenvalue weighted by Crippen LogP contribution is -2.08. The van der Waals surface area contributed by atoms with Gasteiger partial charge in [0.05, 0.1) is 0 Å². The van der Waals surface area contributed by atoms with Gasteiger partial charge in [0.2, 0.25) is 0 Å². The zero-order valence-electron chi connectivity index (χ0n) is 12.4. The van der Waals surface area contributed by atoms with Gasteiger partial charge in [-0.3, -0.25) is 9.36 Å². The van der Waals surface area contributed by atoms with Crippen LogP contribution >= 0.6 is 7.60 Å². The molecule has 0 N–H and O–H groups in total. The van der Waals surface area contributed by atoms with Gasteiger partial charge in [0.15, 0.2) is 5.78 Å². The lowest BCUT2D eigenvalue weighted by Gasteiger charge is -2.12. The van der Waals surface area contributed by atoms with Gasteiger partial charge in [-0.15, -0.1) is 0 Å². The SMILES string of the molecule is COP(=O)(CC(=O)c1ccc(Oc2ccccc2)cc1)OC. The van der Waals surface area contributed by atoms with E-state index in [0.717, 1.165) is 0 Å². The van der Waals surface area contributed by atoms with E-state index in [-0.39, 0.29) is 11.9 Å². The van der Waals surface area contributed by atoms with Gasteiger partial charge in [0, 0.05) is 19.8 Å². The number of benzene rings is 2. The van der Waals surface area contributed by atoms with Crippen LogP contribution < -0.4 is 4.74 Å². The molecule has 0 aliphatic rings. The van der Waals surface area contributed by atoms with Crippen molar-refractivity contribution in [3.8, 4) is 11.5 Å². The van der Waals surface area contributed by atoms with E-state index in [1.54, 1.807) is 24.3 Å². The maximum absolute atomic E-state index is 12.1. The highest BCUT2D eigenvalue weighted by molar-refractivity contribution is 7.54. The van der Waals surface area contributed by atoms with Crippen LogP contribution in [0.1, 0.15) is 10.4 Å². The molecule has 0 bridgehead atoms. The van der Waals surface area contributed by atoms with Crippen molar-refractivity contribution in [3.63, 3.8) is 0 Å². The molecular formula is C16H17O5P. The van der Waals surface area contributed by atoms with Crippen LogP contribution in [-0.4, -0.2) is 26.2 Å². The Kier molecular flexibility index (Phi) is 5.50. The van der Waals surface area contributed by atoms with E-state index >= 15 is 0 Å². The molecule has 0 saturated carbocycles. The van der Waals surface area contributed by atoms with Gasteiger partial charge < -0.3 is 13.8 Å². The number of hydrogen-bond acceptors (Lipinski definition) is 5. The highest BCUT2D eigenvalue weighted by atomic mass is 31.2. The number of Topliss-reactive ketones (excluding diaryl/α,β-unsaturated/α-hetero) is 1. The van der Waals surface area contributed by atoms with E-state index in [1.807, 2.05) is 30.3 Å². The van der Waals surface area contributed by atoms with Crippen LogP contribution in [0, 0.1) is 0 Å². The summed E-state index contributed by atoms with van der Waals surface area (Å²) >= 11 is 0. The molecule has 6 heteroatoms. The van der Waals surface area contributed by atoms with Gasteiger partial charge in [-0.2, -0.15) is 0 Å². The lowest BCUT2D eigenvalue weighted by molar-refractivity contribution is 0.101. The fourth-order valence-electron chi connectivity index (χ4n) is 1.80. The third-order valence-electron chi connectivity index (χ3n) is 3.05. The Bertz CT molecular complexity index is 659. The summed E-state index contributed by atoms with van der Waals surface area (Å²) in [5.41, 5.74) is 0.426. The fourth-order valence-corrected chi connectivity index (χ4v) is 2.75. The van der Waals surface area contributed by atoms with Crippen molar-refractivity contribution >= 4 is 13.4 Å². The van der Waals surface area contributed by atoms with E-state index in [1.165, 1.54) is 14.2 Å². The summed E-state index contributed by atoms with van der Waals surface area (Å²) in [5.74, 6) is 1.02. The first-order valence-corrected chi connectivity index (χ1v) is 8.36. The van der Waals surface area contributed by atoms with Gasteiger partial charge in [0.1, 0.15) is 17.7 Å². The number of carbonyl (C=O) groups is 1. The van der Waals surface area contributed by atoms with E-state index in [2.05, 4.69) is 0 Å². The smallest absolute Gasteiger partial charge is 0.337 e. The molecule has 2 aromatic carbocycles. The molecule has 116 valence electrons. The first-order valence-electron chi connectivity index (χ1n) is 6.63. The molecule has 0 fully saturated rings. The summed E-state index contributed by atoms with van der Waals surface area (Å²) in [6.07, 6.45) is -0.293. The Balaban J connectivity index is 2.05. The summed E-state index contributed by atoms with van der Waals surface area (Å²) in [7, 11) is -0.834. The molecule has 22 heavy (non-hydrogen) atoms. The minimum Gasteiger partial charge on any atom is -0.457 e. The maximum Gasteiger partial charge on any atom is 0.337 e. The van der Waals surface area contributed by atoms with Crippen LogP contribution in [0.15, 0.2) is 54.6 Å². The van der Waals surface area contributed by atoms with Crippen LogP contribution in [0.4, 0.5) is 0 Å². The Labute approximate surface area is 129 Å². The summed E-state index contributed by atoms with van der Waals surface area (Å²) in [6.45, 7) is 0. The molecule has 0 unspecified atom stereocenters. The molecule has 0 radical (unpaired) electrons. The van der Waals surface area contributed by atoms with Gasteiger partial charge in [-0.25, -0.2) is 0 Å². The summed E-state index contributed by atoms with van der Waals surface area (Å²) in [6, 6.07) is 15.9. The average molecular weight is 320 g/mol. The largest absolute Gasteiger partial charge is 0.457 e. The zero-order chi connectivity index (χ0) is 16.0. The number of rotatable bonds is 7. The minimum atomic E-state index is -3.35. The van der Waals surface area contributed by atoms with Crippen LogP contribution in [0.25, 0.3) is 0 Å². The molecule has 0 aromatic heterocycles. The molecule has 0 aliphatic heterocycles. The normalized spacial score (nSPS) is 11.2. The summed E-state index contributed by atoms with van der Waals surface area (Å²) in [5, 5.41) is 0. The predicted molar refractivity (Wildman–Crippen MR) is 83.8 cm³/mol. The summed E-state index contributed by atoms with van der Waals surface area (Å²) in [4.78, 5) is 12.1. The first-order chi connectivity index (χ1) is 10.6. The second kappa shape index (κ2) is 7.36. The Hall–Kier alpha value is -1.94. The molecule has 2 rings (SSSR count). The van der Waals surface area contributed by atoms with Gasteiger partial charge in [0.25, 0.3) is 0 Å². The summed E-state index contributed by atoms with van der Waals surface area (Å²) < 4.78 is 27.1. The quantitative estimate of drug-likeness (QED) is 0.566. The van der Waals surface area contributed by atoms with Crippen LogP contribution in [0.3, 0.4) is 0 Å². The van der Waals surface area contributed by atoms with E-state index in [4.69, 9.17) is 13.8 Å². The first kappa shape index (κ1) is 16.4. The van der Waals surface area contributed by atoms with Crippen molar-refractivity contribution < 1.29 is 23.1 Å². The molecular weight excluding hydrogens is 303 g/mol. The van der Waals surface area contributed by atoms with Gasteiger partial charge in [-0.05, 0) is 36.4 Å². The number of para-hydroxylation sites is 1. The van der Waals surface area contributed by atoms with Gasteiger partial charge >= 0.3 is 7.60 Å². The van der Waals surface area contributed by atoms with E-state index in [9.17, 15) is 9.36 Å². The fraction of sp³-hybridized carbons (Fsp3) is 0.188. The minimum absolute atomic E-state index is 0.293. The molecule has 5 nitrogen and oxygen atoms in total. The molecule has 0 saturated heterocycles. The Morgan fingerprint density at radius 3 is 2.00 bits per heavy atom. The van der Waals surface area contributed by atoms with Crippen LogP contribution in [-0.2, 0) is 13.6 Å². The van der Waals surface area contributed by atoms with E-state index in [0.29, 0.717) is 17.1 Å². The number of ether oxygens (including phenoxy) is 1. The topological polar surface area (TPSA) is 61.8 Å². The molecule has 0 spiro atoms. The zero-order valence-corrected chi connectivity index (χ0v) is 13.3. The van der Waals surface area contributed by atoms with Crippen molar-refractivity contribution in [2.24, 2.45) is 0 Å². The Morgan fingerprint density at radius 2 is 1.45 bits per heavy atom. The van der Waals surface area contributed by atoms with Crippen molar-refractivity contribution in [2.75, 3.05) is 20.4 Å². The highest BCUT2D eigenvalue weighted by Gasteiger charge is 2.26.